The Balaban J connectivity index is 2.35. The monoisotopic (exact) mass is 301 g/mol. The molecule has 106 valence electrons. The van der Waals surface area contributed by atoms with Crippen LogP contribution in [0.3, 0.4) is 0 Å². The number of hydrogen-bond donors (Lipinski definition) is 2. The number of aromatic nitrogens is 3. The highest BCUT2D eigenvalue weighted by molar-refractivity contribution is 7.80. The average molecular weight is 301 g/mol. The molecule has 2 rings (SSSR count). The third kappa shape index (κ3) is 2.72. The lowest BCUT2D eigenvalue weighted by Crippen LogP contribution is -2.26. The SMILES string of the molecule is CNC(=S)n1nc(-c2ccc(C(F)(F)F)cc2)nc1N. The van der Waals surface area contributed by atoms with Gasteiger partial charge in [0.1, 0.15) is 0 Å². The minimum atomic E-state index is -4.38. The van der Waals surface area contributed by atoms with Crippen LogP contribution in [0.25, 0.3) is 11.4 Å². The van der Waals surface area contributed by atoms with Crippen molar-refractivity contribution in [2.24, 2.45) is 0 Å². The number of alkyl halides is 3. The molecule has 2 aromatic rings. The van der Waals surface area contributed by atoms with Crippen molar-refractivity contribution in [3.05, 3.63) is 29.8 Å². The van der Waals surface area contributed by atoms with Crippen LogP contribution >= 0.6 is 12.2 Å². The first-order valence-corrected chi connectivity index (χ1v) is 5.86. The van der Waals surface area contributed by atoms with E-state index >= 15 is 0 Å². The zero-order chi connectivity index (χ0) is 14.9. The summed E-state index contributed by atoms with van der Waals surface area (Å²) < 4.78 is 38.6. The number of nitrogen functional groups attached to an aromatic ring is 1. The average Bonchev–Trinajstić information content (AvgIpc) is 2.79. The Labute approximate surface area is 117 Å². The fourth-order valence-electron chi connectivity index (χ4n) is 1.51. The molecule has 9 heteroatoms. The Morgan fingerprint density at radius 1 is 1.30 bits per heavy atom. The second-order valence-corrected chi connectivity index (χ2v) is 4.22. The Kier molecular flexibility index (Phi) is 3.62. The van der Waals surface area contributed by atoms with Crippen molar-refractivity contribution in [1.29, 1.82) is 0 Å². The molecule has 0 aliphatic heterocycles. The smallest absolute Gasteiger partial charge is 0.368 e. The van der Waals surface area contributed by atoms with E-state index < -0.39 is 11.7 Å². The molecule has 0 unspecified atom stereocenters. The first-order chi connectivity index (χ1) is 9.32. The maximum absolute atomic E-state index is 12.5. The number of hydrogen-bond acceptors (Lipinski definition) is 4. The lowest BCUT2D eigenvalue weighted by atomic mass is 10.1. The van der Waals surface area contributed by atoms with Crippen LogP contribution in [0.5, 0.6) is 0 Å². The number of nitrogens with zero attached hydrogens (tertiary/aromatic N) is 3. The van der Waals surface area contributed by atoms with Gasteiger partial charge in [-0.2, -0.15) is 22.8 Å². The normalized spacial score (nSPS) is 11.4. The van der Waals surface area contributed by atoms with Crippen molar-refractivity contribution < 1.29 is 13.2 Å². The third-order valence-electron chi connectivity index (χ3n) is 2.51. The van der Waals surface area contributed by atoms with E-state index in [1.165, 1.54) is 16.8 Å². The zero-order valence-corrected chi connectivity index (χ0v) is 11.1. The molecule has 1 aromatic heterocycles. The van der Waals surface area contributed by atoms with E-state index in [4.69, 9.17) is 18.0 Å². The molecule has 0 saturated carbocycles. The molecule has 0 aliphatic carbocycles. The van der Waals surface area contributed by atoms with E-state index in [1.807, 2.05) is 0 Å². The predicted octanol–water partition coefficient (Wildman–Crippen LogP) is 1.90. The number of nitrogens with one attached hydrogen (secondary N) is 1. The highest BCUT2D eigenvalue weighted by atomic mass is 32.1. The Bertz CT molecular complexity index is 632. The molecule has 0 spiro atoms. The van der Waals surface area contributed by atoms with Crippen LogP contribution in [0.1, 0.15) is 5.56 Å². The molecule has 0 atom stereocenters. The lowest BCUT2D eigenvalue weighted by molar-refractivity contribution is -0.137. The molecule has 0 fully saturated rings. The summed E-state index contributed by atoms with van der Waals surface area (Å²) in [6.07, 6.45) is -4.38. The van der Waals surface area contributed by atoms with Gasteiger partial charge in [0.15, 0.2) is 10.9 Å². The van der Waals surface area contributed by atoms with Gasteiger partial charge in [-0.3, -0.25) is 0 Å². The molecule has 0 aliphatic rings. The van der Waals surface area contributed by atoms with Gasteiger partial charge in [0.2, 0.25) is 5.95 Å². The number of nitrogens with two attached hydrogens (primary N) is 1. The number of rotatable bonds is 1. The van der Waals surface area contributed by atoms with Gasteiger partial charge >= 0.3 is 6.18 Å². The topological polar surface area (TPSA) is 68.8 Å². The van der Waals surface area contributed by atoms with E-state index in [9.17, 15) is 13.2 Å². The minimum Gasteiger partial charge on any atom is -0.368 e. The molecule has 3 N–H and O–H groups in total. The van der Waals surface area contributed by atoms with Crippen LogP contribution in [0.4, 0.5) is 19.1 Å². The fourth-order valence-corrected chi connectivity index (χ4v) is 1.64. The standard InChI is InChI=1S/C11H10F3N5S/c1-16-10(20)19-9(15)17-8(18-19)6-2-4-7(5-3-6)11(12,13)14/h2-5H,1H3,(H,16,20)(H2,15,17,18). The third-order valence-corrected chi connectivity index (χ3v) is 2.89. The molecule has 0 saturated heterocycles. The van der Waals surface area contributed by atoms with Crippen molar-refractivity contribution in [2.45, 2.75) is 6.18 Å². The van der Waals surface area contributed by atoms with E-state index in [-0.39, 0.29) is 16.9 Å². The van der Waals surface area contributed by atoms with Crippen molar-refractivity contribution >= 4 is 23.3 Å². The summed E-state index contributed by atoms with van der Waals surface area (Å²) in [5.41, 5.74) is 5.32. The summed E-state index contributed by atoms with van der Waals surface area (Å²) >= 11 is 4.96. The van der Waals surface area contributed by atoms with E-state index in [0.29, 0.717) is 5.56 Å². The van der Waals surface area contributed by atoms with E-state index in [1.54, 1.807) is 7.05 Å². The number of thiocarbonyl (C=S) groups is 1. The minimum absolute atomic E-state index is 0.0549. The van der Waals surface area contributed by atoms with Crippen LogP contribution in [0.15, 0.2) is 24.3 Å². The van der Waals surface area contributed by atoms with Crippen molar-refractivity contribution in [1.82, 2.24) is 20.1 Å². The molecule has 1 heterocycles. The van der Waals surface area contributed by atoms with Gasteiger partial charge in [0.25, 0.3) is 0 Å². The number of halogens is 3. The second-order valence-electron chi connectivity index (χ2n) is 3.84. The highest BCUT2D eigenvalue weighted by Gasteiger charge is 2.30. The van der Waals surface area contributed by atoms with Gasteiger partial charge in [-0.25, -0.2) is 0 Å². The van der Waals surface area contributed by atoms with Crippen LogP contribution in [0, 0.1) is 0 Å². The van der Waals surface area contributed by atoms with E-state index in [0.717, 1.165) is 12.1 Å². The zero-order valence-electron chi connectivity index (χ0n) is 10.3. The second kappa shape index (κ2) is 5.08. The van der Waals surface area contributed by atoms with Crippen LogP contribution in [0.2, 0.25) is 0 Å². The molecule has 0 bridgehead atoms. The predicted molar refractivity (Wildman–Crippen MR) is 71.9 cm³/mol. The van der Waals surface area contributed by atoms with Crippen molar-refractivity contribution in [3.63, 3.8) is 0 Å². The van der Waals surface area contributed by atoms with Crippen LogP contribution in [-0.4, -0.2) is 26.9 Å². The van der Waals surface area contributed by atoms with Gasteiger partial charge in [-0.1, -0.05) is 12.1 Å². The van der Waals surface area contributed by atoms with Crippen LogP contribution in [-0.2, 0) is 6.18 Å². The molecule has 1 aromatic carbocycles. The van der Waals surface area contributed by atoms with E-state index in [2.05, 4.69) is 15.4 Å². The molecule has 20 heavy (non-hydrogen) atoms. The summed E-state index contributed by atoms with van der Waals surface area (Å²) in [4.78, 5) is 3.96. The van der Waals surface area contributed by atoms with Crippen molar-refractivity contribution in [3.8, 4) is 11.4 Å². The fraction of sp³-hybridized carbons (Fsp3) is 0.182. The molecular formula is C11H10F3N5S. The van der Waals surface area contributed by atoms with Gasteiger partial charge in [-0.05, 0) is 24.4 Å². The largest absolute Gasteiger partial charge is 0.416 e. The summed E-state index contributed by atoms with van der Waals surface area (Å²) in [5, 5.41) is 6.96. The maximum Gasteiger partial charge on any atom is 0.416 e. The Hall–Kier alpha value is -2.16. The van der Waals surface area contributed by atoms with Crippen molar-refractivity contribution in [2.75, 3.05) is 12.8 Å². The van der Waals surface area contributed by atoms with Gasteiger partial charge in [-0.15, -0.1) is 5.10 Å². The molecule has 5 nitrogen and oxygen atoms in total. The first-order valence-electron chi connectivity index (χ1n) is 5.45. The number of anilines is 1. The van der Waals surface area contributed by atoms with Gasteiger partial charge in [0, 0.05) is 12.6 Å². The summed E-state index contributed by atoms with van der Waals surface area (Å²) in [7, 11) is 1.60. The Morgan fingerprint density at radius 3 is 2.40 bits per heavy atom. The Morgan fingerprint density at radius 2 is 1.90 bits per heavy atom. The highest BCUT2D eigenvalue weighted by Crippen LogP contribution is 2.30. The summed E-state index contributed by atoms with van der Waals surface area (Å²) in [6.45, 7) is 0. The molecule has 0 amide bonds. The summed E-state index contributed by atoms with van der Waals surface area (Å²) in [5.74, 6) is 0.257. The number of benzene rings is 1. The molecule has 0 radical (unpaired) electrons. The summed E-state index contributed by atoms with van der Waals surface area (Å²) in [6, 6.07) is 4.49. The van der Waals surface area contributed by atoms with Gasteiger partial charge < -0.3 is 11.1 Å². The maximum atomic E-state index is 12.5. The van der Waals surface area contributed by atoms with Crippen LogP contribution < -0.4 is 11.1 Å². The quantitative estimate of drug-likeness (QED) is 0.787. The molecular weight excluding hydrogens is 291 g/mol. The first kappa shape index (κ1) is 14.3. The van der Waals surface area contributed by atoms with Gasteiger partial charge in [0.05, 0.1) is 5.56 Å². The lowest BCUT2D eigenvalue weighted by Gasteiger charge is -2.06.